The van der Waals surface area contributed by atoms with E-state index in [1.54, 1.807) is 0 Å². The van der Waals surface area contributed by atoms with Gasteiger partial charge in [-0.05, 0) is 32.6 Å². The summed E-state index contributed by atoms with van der Waals surface area (Å²) in [5, 5.41) is 9.39. The van der Waals surface area contributed by atoms with Crippen LogP contribution in [0.5, 0.6) is 0 Å². The maximum atomic E-state index is 4.35. The summed E-state index contributed by atoms with van der Waals surface area (Å²) in [7, 11) is 0. The average molecular weight is 272 g/mol. The second kappa shape index (κ2) is 4.24. The molecule has 1 aliphatic rings. The Morgan fingerprint density at radius 3 is 2.53 bits per heavy atom. The van der Waals surface area contributed by atoms with E-state index < -0.39 is 0 Å². The first kappa shape index (κ1) is 11.1. The molecule has 0 bridgehead atoms. The van der Waals surface area contributed by atoms with Gasteiger partial charge in [0.05, 0.1) is 5.33 Å². The SMILES string of the molecule is CC1CC(c2nnc(CBr)n2C(C)C)C1. The summed E-state index contributed by atoms with van der Waals surface area (Å²) in [6.45, 7) is 6.69. The number of rotatable bonds is 3. The normalized spacial score (nSPS) is 25.7. The van der Waals surface area contributed by atoms with Crippen molar-refractivity contribution in [2.75, 3.05) is 0 Å². The molecule has 84 valence electrons. The van der Waals surface area contributed by atoms with Gasteiger partial charge in [-0.1, -0.05) is 22.9 Å². The minimum atomic E-state index is 0.457. The molecule has 1 heterocycles. The third-order valence-electron chi connectivity index (χ3n) is 3.17. The van der Waals surface area contributed by atoms with Gasteiger partial charge in [0.2, 0.25) is 0 Å². The Bertz CT molecular complexity index is 340. The molecule has 1 aliphatic carbocycles. The van der Waals surface area contributed by atoms with Crippen LogP contribution in [-0.2, 0) is 5.33 Å². The van der Waals surface area contributed by atoms with Crippen LogP contribution >= 0.6 is 15.9 Å². The van der Waals surface area contributed by atoms with E-state index in [0.29, 0.717) is 12.0 Å². The highest BCUT2D eigenvalue weighted by Crippen LogP contribution is 2.41. The number of hydrogen-bond donors (Lipinski definition) is 0. The first-order valence-electron chi connectivity index (χ1n) is 5.63. The molecule has 1 saturated carbocycles. The Balaban J connectivity index is 2.27. The van der Waals surface area contributed by atoms with Gasteiger partial charge in [-0.15, -0.1) is 10.2 Å². The van der Waals surface area contributed by atoms with Crippen LogP contribution in [0.1, 0.15) is 57.2 Å². The second-order valence-corrected chi connectivity index (χ2v) is 5.41. The predicted molar refractivity (Wildman–Crippen MR) is 64.2 cm³/mol. The van der Waals surface area contributed by atoms with E-state index in [9.17, 15) is 0 Å². The third-order valence-corrected chi connectivity index (χ3v) is 3.67. The first-order chi connectivity index (χ1) is 7.13. The van der Waals surface area contributed by atoms with Crippen LogP contribution in [0.15, 0.2) is 0 Å². The number of halogens is 1. The van der Waals surface area contributed by atoms with Gasteiger partial charge in [-0.2, -0.15) is 0 Å². The van der Waals surface area contributed by atoms with Crippen LogP contribution in [0.25, 0.3) is 0 Å². The van der Waals surface area contributed by atoms with Gasteiger partial charge in [0.15, 0.2) is 0 Å². The molecule has 0 aromatic carbocycles. The lowest BCUT2D eigenvalue weighted by Gasteiger charge is -2.32. The molecular formula is C11H18BrN3. The fourth-order valence-electron chi connectivity index (χ4n) is 2.38. The average Bonchev–Trinajstić information content (AvgIpc) is 2.55. The fourth-order valence-corrected chi connectivity index (χ4v) is 2.77. The van der Waals surface area contributed by atoms with Gasteiger partial charge < -0.3 is 4.57 Å². The van der Waals surface area contributed by atoms with Gasteiger partial charge in [0.25, 0.3) is 0 Å². The molecule has 0 spiro atoms. The van der Waals surface area contributed by atoms with Gasteiger partial charge >= 0.3 is 0 Å². The van der Waals surface area contributed by atoms with Crippen LogP contribution in [0.2, 0.25) is 0 Å². The highest BCUT2D eigenvalue weighted by molar-refractivity contribution is 9.08. The number of nitrogens with zero attached hydrogens (tertiary/aromatic N) is 3. The maximum absolute atomic E-state index is 4.35. The summed E-state index contributed by atoms with van der Waals surface area (Å²) in [5.41, 5.74) is 0. The predicted octanol–water partition coefficient (Wildman–Crippen LogP) is 3.27. The fraction of sp³-hybridized carbons (Fsp3) is 0.818. The lowest BCUT2D eigenvalue weighted by molar-refractivity contribution is 0.268. The lowest BCUT2D eigenvalue weighted by atomic mass is 9.75. The largest absolute Gasteiger partial charge is 0.311 e. The number of hydrogen-bond acceptors (Lipinski definition) is 2. The monoisotopic (exact) mass is 271 g/mol. The standard InChI is InChI=1S/C11H18BrN3/c1-7(2)15-10(6-12)13-14-11(15)9-4-8(3)5-9/h7-9H,4-6H2,1-3H3. The van der Waals surface area contributed by atoms with Crippen LogP contribution in [0, 0.1) is 5.92 Å². The van der Waals surface area contributed by atoms with E-state index >= 15 is 0 Å². The Kier molecular flexibility index (Phi) is 3.14. The first-order valence-corrected chi connectivity index (χ1v) is 6.75. The molecule has 1 aromatic rings. The van der Waals surface area contributed by atoms with Crippen LogP contribution in [0.3, 0.4) is 0 Å². The number of aromatic nitrogens is 3. The van der Waals surface area contributed by atoms with Crippen LogP contribution < -0.4 is 0 Å². The van der Waals surface area contributed by atoms with Crippen molar-refractivity contribution in [2.45, 2.75) is 50.9 Å². The zero-order chi connectivity index (χ0) is 11.0. The zero-order valence-electron chi connectivity index (χ0n) is 9.57. The van der Waals surface area contributed by atoms with Crippen molar-refractivity contribution in [1.29, 1.82) is 0 Å². The van der Waals surface area contributed by atoms with Gasteiger partial charge in [-0.3, -0.25) is 0 Å². The minimum absolute atomic E-state index is 0.457. The lowest BCUT2D eigenvalue weighted by Crippen LogP contribution is -2.23. The topological polar surface area (TPSA) is 30.7 Å². The summed E-state index contributed by atoms with van der Waals surface area (Å²) in [5.74, 6) is 3.75. The van der Waals surface area contributed by atoms with Crippen molar-refractivity contribution >= 4 is 15.9 Å². The molecule has 0 saturated heterocycles. The van der Waals surface area contributed by atoms with Crippen molar-refractivity contribution < 1.29 is 0 Å². The Morgan fingerprint density at radius 1 is 1.40 bits per heavy atom. The van der Waals surface area contributed by atoms with E-state index in [1.165, 1.54) is 18.7 Å². The highest BCUT2D eigenvalue weighted by atomic mass is 79.9. The number of alkyl halides is 1. The van der Waals surface area contributed by atoms with Gasteiger partial charge in [0.1, 0.15) is 11.6 Å². The second-order valence-electron chi connectivity index (χ2n) is 4.85. The van der Waals surface area contributed by atoms with Crippen molar-refractivity contribution in [3.63, 3.8) is 0 Å². The summed E-state index contributed by atoms with van der Waals surface area (Å²) >= 11 is 3.47. The molecule has 0 N–H and O–H groups in total. The van der Waals surface area contributed by atoms with E-state index in [2.05, 4.69) is 51.5 Å². The van der Waals surface area contributed by atoms with E-state index in [0.717, 1.165) is 17.1 Å². The molecule has 15 heavy (non-hydrogen) atoms. The van der Waals surface area contributed by atoms with Gasteiger partial charge in [-0.25, -0.2) is 0 Å². The summed E-state index contributed by atoms with van der Waals surface area (Å²) in [6.07, 6.45) is 2.54. The van der Waals surface area contributed by atoms with E-state index in [4.69, 9.17) is 0 Å². The molecule has 2 rings (SSSR count). The molecular weight excluding hydrogens is 254 g/mol. The quantitative estimate of drug-likeness (QED) is 0.791. The molecule has 0 radical (unpaired) electrons. The Hall–Kier alpha value is -0.380. The summed E-state index contributed by atoms with van der Waals surface area (Å²) in [6, 6.07) is 0.457. The smallest absolute Gasteiger partial charge is 0.143 e. The van der Waals surface area contributed by atoms with Crippen LogP contribution in [-0.4, -0.2) is 14.8 Å². The molecule has 1 fully saturated rings. The molecule has 4 heteroatoms. The van der Waals surface area contributed by atoms with Crippen molar-refractivity contribution in [2.24, 2.45) is 5.92 Å². The third kappa shape index (κ3) is 1.96. The molecule has 1 aromatic heterocycles. The Labute approximate surface area is 99.4 Å². The van der Waals surface area contributed by atoms with Crippen molar-refractivity contribution in [1.82, 2.24) is 14.8 Å². The Morgan fingerprint density at radius 2 is 2.07 bits per heavy atom. The molecule has 0 atom stereocenters. The highest BCUT2D eigenvalue weighted by Gasteiger charge is 2.32. The zero-order valence-corrected chi connectivity index (χ0v) is 11.2. The van der Waals surface area contributed by atoms with E-state index in [1.807, 2.05) is 0 Å². The minimum Gasteiger partial charge on any atom is -0.311 e. The van der Waals surface area contributed by atoms with Crippen molar-refractivity contribution in [3.8, 4) is 0 Å². The molecule has 0 aliphatic heterocycles. The van der Waals surface area contributed by atoms with Crippen molar-refractivity contribution in [3.05, 3.63) is 11.6 Å². The maximum Gasteiger partial charge on any atom is 0.143 e. The van der Waals surface area contributed by atoms with Crippen LogP contribution in [0.4, 0.5) is 0 Å². The van der Waals surface area contributed by atoms with Gasteiger partial charge in [0, 0.05) is 12.0 Å². The molecule has 0 amide bonds. The summed E-state index contributed by atoms with van der Waals surface area (Å²) in [4.78, 5) is 0. The molecule has 0 unspecified atom stereocenters. The molecule has 3 nitrogen and oxygen atoms in total. The summed E-state index contributed by atoms with van der Waals surface area (Å²) < 4.78 is 2.28. The van der Waals surface area contributed by atoms with E-state index in [-0.39, 0.29) is 0 Å².